The molecule has 28 heavy (non-hydrogen) atoms. The van der Waals surface area contributed by atoms with E-state index >= 15 is 0 Å². The van der Waals surface area contributed by atoms with E-state index < -0.39 is 10.0 Å². The molecule has 0 heterocycles. The Morgan fingerprint density at radius 3 is 2.14 bits per heavy atom. The fraction of sp³-hybridized carbons (Fsp3) is 0.136. The van der Waals surface area contributed by atoms with Crippen molar-refractivity contribution < 1.29 is 13.2 Å². The third-order valence-electron chi connectivity index (χ3n) is 4.53. The summed E-state index contributed by atoms with van der Waals surface area (Å²) in [5, 5.41) is 2.81. The second kappa shape index (κ2) is 8.27. The van der Waals surface area contributed by atoms with Crippen LogP contribution in [-0.4, -0.2) is 21.4 Å². The van der Waals surface area contributed by atoms with Crippen molar-refractivity contribution in [3.05, 3.63) is 90.0 Å². The standard InChI is InChI=1S/C22H22N2O3S/c1-17-8-6-7-9-18(17)16-22(25)23-19-12-14-21(15-13-19)28(26,27)24(2)20-10-4-3-5-11-20/h3-15H,16H2,1-2H3,(H,23,25). The summed E-state index contributed by atoms with van der Waals surface area (Å²) < 4.78 is 26.8. The number of hydrogen-bond acceptors (Lipinski definition) is 3. The van der Waals surface area contributed by atoms with Crippen LogP contribution in [0.1, 0.15) is 11.1 Å². The van der Waals surface area contributed by atoms with Crippen molar-refractivity contribution in [3.63, 3.8) is 0 Å². The molecule has 1 amide bonds. The summed E-state index contributed by atoms with van der Waals surface area (Å²) in [6.45, 7) is 1.96. The fourth-order valence-electron chi connectivity index (χ4n) is 2.83. The van der Waals surface area contributed by atoms with Crippen molar-refractivity contribution in [2.75, 3.05) is 16.7 Å². The average Bonchev–Trinajstić information content (AvgIpc) is 2.70. The largest absolute Gasteiger partial charge is 0.326 e. The fourth-order valence-corrected chi connectivity index (χ4v) is 4.03. The molecule has 5 nitrogen and oxygen atoms in total. The lowest BCUT2D eigenvalue weighted by molar-refractivity contribution is -0.115. The summed E-state index contributed by atoms with van der Waals surface area (Å²) in [7, 11) is -2.15. The Morgan fingerprint density at radius 1 is 0.893 bits per heavy atom. The van der Waals surface area contributed by atoms with Crippen molar-refractivity contribution in [2.45, 2.75) is 18.2 Å². The lowest BCUT2D eigenvalue weighted by Gasteiger charge is -2.19. The summed E-state index contributed by atoms with van der Waals surface area (Å²) in [5.74, 6) is -0.147. The number of amides is 1. The highest BCUT2D eigenvalue weighted by molar-refractivity contribution is 7.92. The van der Waals surface area contributed by atoms with Gasteiger partial charge in [0, 0.05) is 12.7 Å². The highest BCUT2D eigenvalue weighted by Crippen LogP contribution is 2.23. The Bertz CT molecular complexity index is 1060. The number of nitrogens with one attached hydrogen (secondary N) is 1. The van der Waals surface area contributed by atoms with Gasteiger partial charge >= 0.3 is 0 Å². The molecule has 0 saturated heterocycles. The van der Waals surface area contributed by atoms with Crippen LogP contribution in [0.2, 0.25) is 0 Å². The van der Waals surface area contributed by atoms with E-state index in [1.54, 1.807) is 36.4 Å². The molecule has 0 fully saturated rings. The molecule has 3 aromatic carbocycles. The van der Waals surface area contributed by atoms with E-state index in [0.717, 1.165) is 11.1 Å². The van der Waals surface area contributed by atoms with E-state index in [0.29, 0.717) is 11.4 Å². The number of benzene rings is 3. The van der Waals surface area contributed by atoms with E-state index in [-0.39, 0.29) is 17.2 Å². The predicted molar refractivity (Wildman–Crippen MR) is 112 cm³/mol. The van der Waals surface area contributed by atoms with Gasteiger partial charge in [0.25, 0.3) is 10.0 Å². The Hall–Kier alpha value is -3.12. The Kier molecular flexibility index (Phi) is 5.80. The number of aryl methyl sites for hydroxylation is 1. The molecule has 0 radical (unpaired) electrons. The highest BCUT2D eigenvalue weighted by Gasteiger charge is 2.21. The lowest BCUT2D eigenvalue weighted by Crippen LogP contribution is -2.26. The number of carbonyl (C=O) groups excluding carboxylic acids is 1. The minimum Gasteiger partial charge on any atom is -0.326 e. The minimum atomic E-state index is -3.67. The molecule has 0 aliphatic carbocycles. The van der Waals surface area contributed by atoms with E-state index in [2.05, 4.69) is 5.32 Å². The molecule has 0 bridgehead atoms. The van der Waals surface area contributed by atoms with Crippen LogP contribution >= 0.6 is 0 Å². The smallest absolute Gasteiger partial charge is 0.264 e. The topological polar surface area (TPSA) is 66.5 Å². The number of nitrogens with zero attached hydrogens (tertiary/aromatic N) is 1. The number of anilines is 2. The van der Waals surface area contributed by atoms with Gasteiger partial charge in [0.05, 0.1) is 17.0 Å². The van der Waals surface area contributed by atoms with Crippen LogP contribution in [0.4, 0.5) is 11.4 Å². The van der Waals surface area contributed by atoms with Crippen LogP contribution in [0.15, 0.2) is 83.8 Å². The number of sulfonamides is 1. The van der Waals surface area contributed by atoms with Crippen LogP contribution in [0.25, 0.3) is 0 Å². The molecule has 0 atom stereocenters. The van der Waals surface area contributed by atoms with Crippen molar-refractivity contribution >= 4 is 27.3 Å². The SMILES string of the molecule is Cc1ccccc1CC(=O)Nc1ccc(S(=O)(=O)N(C)c2ccccc2)cc1. The van der Waals surface area contributed by atoms with Crippen molar-refractivity contribution in [3.8, 4) is 0 Å². The van der Waals surface area contributed by atoms with Gasteiger partial charge in [-0.1, -0.05) is 42.5 Å². The Labute approximate surface area is 165 Å². The average molecular weight is 394 g/mol. The first kappa shape index (κ1) is 19.6. The molecule has 0 saturated carbocycles. The highest BCUT2D eigenvalue weighted by atomic mass is 32.2. The van der Waals surface area contributed by atoms with Crippen LogP contribution in [-0.2, 0) is 21.2 Å². The number of rotatable bonds is 6. The maximum absolute atomic E-state index is 12.8. The molecular weight excluding hydrogens is 372 g/mol. The maximum atomic E-state index is 12.8. The van der Waals surface area contributed by atoms with Gasteiger partial charge in [0.2, 0.25) is 5.91 Å². The van der Waals surface area contributed by atoms with E-state index in [1.165, 1.54) is 23.5 Å². The molecule has 6 heteroatoms. The van der Waals surface area contributed by atoms with Crippen molar-refractivity contribution in [2.24, 2.45) is 0 Å². The molecule has 3 aromatic rings. The zero-order chi connectivity index (χ0) is 20.1. The van der Waals surface area contributed by atoms with Gasteiger partial charge in [-0.2, -0.15) is 0 Å². The van der Waals surface area contributed by atoms with Crippen LogP contribution in [0.5, 0.6) is 0 Å². The number of carbonyl (C=O) groups is 1. The normalized spacial score (nSPS) is 11.1. The first-order valence-electron chi connectivity index (χ1n) is 8.86. The molecule has 0 aromatic heterocycles. The number of hydrogen-bond donors (Lipinski definition) is 1. The van der Waals surface area contributed by atoms with Crippen LogP contribution < -0.4 is 9.62 Å². The summed E-state index contributed by atoms with van der Waals surface area (Å²) in [5.41, 5.74) is 3.16. The van der Waals surface area contributed by atoms with E-state index in [9.17, 15) is 13.2 Å². The summed E-state index contributed by atoms with van der Waals surface area (Å²) in [6, 6.07) is 22.8. The number of para-hydroxylation sites is 1. The minimum absolute atomic E-state index is 0.147. The summed E-state index contributed by atoms with van der Waals surface area (Å²) in [6.07, 6.45) is 0.267. The van der Waals surface area contributed by atoms with Crippen LogP contribution in [0.3, 0.4) is 0 Å². The zero-order valence-corrected chi connectivity index (χ0v) is 16.6. The summed E-state index contributed by atoms with van der Waals surface area (Å²) >= 11 is 0. The van der Waals surface area contributed by atoms with Gasteiger partial charge in [-0.15, -0.1) is 0 Å². The molecule has 0 aliphatic heterocycles. The summed E-state index contributed by atoms with van der Waals surface area (Å²) in [4.78, 5) is 12.4. The third kappa shape index (κ3) is 4.40. The van der Waals surface area contributed by atoms with Crippen LogP contribution in [0, 0.1) is 6.92 Å². The van der Waals surface area contributed by atoms with Gasteiger partial charge in [-0.05, 0) is 54.4 Å². The first-order chi connectivity index (χ1) is 13.4. The molecule has 3 rings (SSSR count). The second-order valence-electron chi connectivity index (χ2n) is 6.48. The van der Waals surface area contributed by atoms with Gasteiger partial charge < -0.3 is 5.32 Å². The van der Waals surface area contributed by atoms with Gasteiger partial charge in [0.15, 0.2) is 0 Å². The lowest BCUT2D eigenvalue weighted by atomic mass is 10.1. The monoisotopic (exact) mass is 394 g/mol. The van der Waals surface area contributed by atoms with E-state index in [4.69, 9.17) is 0 Å². The molecular formula is C22H22N2O3S. The molecule has 0 unspecified atom stereocenters. The maximum Gasteiger partial charge on any atom is 0.264 e. The third-order valence-corrected chi connectivity index (χ3v) is 6.33. The molecule has 1 N–H and O–H groups in total. The molecule has 0 spiro atoms. The van der Waals surface area contributed by atoms with Gasteiger partial charge in [0.1, 0.15) is 0 Å². The molecule has 144 valence electrons. The van der Waals surface area contributed by atoms with E-state index in [1.807, 2.05) is 37.3 Å². The van der Waals surface area contributed by atoms with Gasteiger partial charge in [-0.25, -0.2) is 8.42 Å². The zero-order valence-electron chi connectivity index (χ0n) is 15.8. The second-order valence-corrected chi connectivity index (χ2v) is 8.45. The van der Waals surface area contributed by atoms with Crippen molar-refractivity contribution in [1.29, 1.82) is 0 Å². The van der Waals surface area contributed by atoms with Gasteiger partial charge in [-0.3, -0.25) is 9.10 Å². The quantitative estimate of drug-likeness (QED) is 0.687. The first-order valence-corrected chi connectivity index (χ1v) is 10.3. The molecule has 0 aliphatic rings. The Morgan fingerprint density at radius 2 is 1.50 bits per heavy atom. The van der Waals surface area contributed by atoms with Crippen molar-refractivity contribution in [1.82, 2.24) is 0 Å². The Balaban J connectivity index is 1.71. The predicted octanol–water partition coefficient (Wildman–Crippen LogP) is 4.00.